The molecule has 0 aromatic rings. The van der Waals surface area contributed by atoms with E-state index in [2.05, 4.69) is 19.2 Å². The molecule has 0 aromatic carbocycles. The van der Waals surface area contributed by atoms with E-state index in [1.54, 1.807) is 16.9 Å². The number of nitrogens with zero attached hydrogens (tertiary/aromatic N) is 2. The van der Waals surface area contributed by atoms with Crippen molar-refractivity contribution in [2.24, 2.45) is 0 Å². The first-order valence-electron chi connectivity index (χ1n) is 12.2. The third kappa shape index (κ3) is 14.8. The van der Waals surface area contributed by atoms with Crippen molar-refractivity contribution >= 4 is 11.8 Å². The summed E-state index contributed by atoms with van der Waals surface area (Å²) >= 11 is 0. The Labute approximate surface area is 186 Å². The standard InChI is InChI=1S/C24H49N3O3/c1-6-8-10-12-14-18-26(3)23(28)21-22(25-17-16-20-30-5)24(29)27(4)19-15-13-11-9-7-2/h22,25H,6-21H2,1-5H3. The normalized spacial score (nSPS) is 12.0. The molecule has 0 aliphatic rings. The van der Waals surface area contributed by atoms with E-state index in [9.17, 15) is 9.59 Å². The van der Waals surface area contributed by atoms with Crippen LogP contribution in [0.15, 0.2) is 0 Å². The summed E-state index contributed by atoms with van der Waals surface area (Å²) in [6.45, 7) is 7.24. The fourth-order valence-corrected chi connectivity index (χ4v) is 3.48. The minimum absolute atomic E-state index is 0.0209. The zero-order chi connectivity index (χ0) is 22.6. The molecule has 0 saturated carbocycles. The van der Waals surface area contributed by atoms with Gasteiger partial charge in [0.25, 0.3) is 0 Å². The number of amides is 2. The first-order chi connectivity index (χ1) is 14.5. The van der Waals surface area contributed by atoms with Gasteiger partial charge in [-0.1, -0.05) is 65.2 Å². The summed E-state index contributed by atoms with van der Waals surface area (Å²) in [5, 5.41) is 3.30. The Kier molecular flexibility index (Phi) is 19.0. The van der Waals surface area contributed by atoms with Crippen LogP contribution >= 0.6 is 0 Å². The van der Waals surface area contributed by atoms with Crippen molar-refractivity contribution in [1.29, 1.82) is 0 Å². The Bertz CT molecular complexity index is 432. The van der Waals surface area contributed by atoms with Crippen molar-refractivity contribution < 1.29 is 14.3 Å². The predicted octanol–water partition coefficient (Wildman–Crippen LogP) is 4.23. The van der Waals surface area contributed by atoms with Crippen molar-refractivity contribution in [3.05, 3.63) is 0 Å². The van der Waals surface area contributed by atoms with Crippen LogP contribution in [0.2, 0.25) is 0 Å². The van der Waals surface area contributed by atoms with Gasteiger partial charge >= 0.3 is 0 Å². The monoisotopic (exact) mass is 427 g/mol. The van der Waals surface area contributed by atoms with E-state index in [-0.39, 0.29) is 18.2 Å². The Balaban J connectivity index is 4.57. The van der Waals surface area contributed by atoms with Crippen molar-refractivity contribution in [2.45, 2.75) is 96.9 Å². The highest BCUT2D eigenvalue weighted by Crippen LogP contribution is 2.08. The van der Waals surface area contributed by atoms with Crippen molar-refractivity contribution in [2.75, 3.05) is 47.4 Å². The van der Waals surface area contributed by atoms with Gasteiger partial charge in [0.15, 0.2) is 0 Å². The summed E-state index contributed by atoms with van der Waals surface area (Å²) in [6, 6.07) is -0.461. The summed E-state index contributed by atoms with van der Waals surface area (Å²) in [7, 11) is 5.38. The molecular weight excluding hydrogens is 378 g/mol. The fraction of sp³-hybridized carbons (Fsp3) is 0.917. The molecular formula is C24H49N3O3. The molecule has 0 spiro atoms. The minimum atomic E-state index is -0.461. The molecule has 0 aliphatic heterocycles. The van der Waals surface area contributed by atoms with E-state index in [0.29, 0.717) is 13.2 Å². The largest absolute Gasteiger partial charge is 0.385 e. The maximum absolute atomic E-state index is 13.0. The quantitative estimate of drug-likeness (QED) is 0.295. The number of ether oxygens (including phenoxy) is 1. The molecule has 0 fully saturated rings. The number of carbonyl (C=O) groups is 2. The lowest BCUT2D eigenvalue weighted by molar-refractivity contribution is -0.138. The zero-order valence-corrected chi connectivity index (χ0v) is 20.5. The number of methoxy groups -OCH3 is 1. The Morgan fingerprint density at radius 2 is 1.33 bits per heavy atom. The van der Waals surface area contributed by atoms with Gasteiger partial charge in [0.05, 0.1) is 12.5 Å². The summed E-state index contributed by atoms with van der Waals surface area (Å²) in [6.07, 6.45) is 12.8. The molecule has 2 amide bonds. The highest BCUT2D eigenvalue weighted by Gasteiger charge is 2.25. The summed E-state index contributed by atoms with van der Waals surface area (Å²) in [4.78, 5) is 29.3. The van der Waals surface area contributed by atoms with Gasteiger partial charge in [-0.25, -0.2) is 0 Å². The SMILES string of the molecule is CCCCCCCN(C)C(=O)CC(NCCCOC)C(=O)N(C)CCCCCCC. The van der Waals surface area contributed by atoms with Crippen LogP contribution in [0.5, 0.6) is 0 Å². The third-order valence-corrected chi connectivity index (χ3v) is 5.59. The molecule has 0 saturated heterocycles. The first kappa shape index (κ1) is 28.9. The van der Waals surface area contributed by atoms with E-state index in [1.165, 1.54) is 38.5 Å². The molecule has 6 heteroatoms. The Hall–Kier alpha value is -1.14. The van der Waals surface area contributed by atoms with Gasteiger partial charge in [-0.05, 0) is 25.8 Å². The molecule has 0 aliphatic carbocycles. The van der Waals surface area contributed by atoms with Crippen LogP contribution < -0.4 is 5.32 Å². The molecule has 1 atom stereocenters. The molecule has 30 heavy (non-hydrogen) atoms. The molecule has 0 bridgehead atoms. The number of likely N-dealkylation sites (N-methyl/N-ethyl adjacent to an activating group) is 1. The van der Waals surface area contributed by atoms with Gasteiger partial charge in [0.2, 0.25) is 11.8 Å². The molecule has 178 valence electrons. The minimum Gasteiger partial charge on any atom is -0.385 e. The molecule has 0 radical (unpaired) electrons. The second-order valence-corrected chi connectivity index (χ2v) is 8.46. The van der Waals surface area contributed by atoms with E-state index < -0.39 is 6.04 Å². The van der Waals surface area contributed by atoms with Gasteiger partial charge in [-0.2, -0.15) is 0 Å². The van der Waals surface area contributed by atoms with E-state index in [4.69, 9.17) is 4.74 Å². The van der Waals surface area contributed by atoms with Crippen LogP contribution in [0.1, 0.15) is 90.9 Å². The smallest absolute Gasteiger partial charge is 0.239 e. The summed E-state index contributed by atoms with van der Waals surface area (Å²) in [5.74, 6) is 0.0621. The number of hydrogen-bond acceptors (Lipinski definition) is 4. The molecule has 0 heterocycles. The highest BCUT2D eigenvalue weighted by atomic mass is 16.5. The molecule has 0 rings (SSSR count). The molecule has 6 nitrogen and oxygen atoms in total. The van der Waals surface area contributed by atoms with E-state index >= 15 is 0 Å². The number of hydrogen-bond donors (Lipinski definition) is 1. The molecule has 1 N–H and O–H groups in total. The second kappa shape index (κ2) is 19.8. The average Bonchev–Trinajstić information content (AvgIpc) is 2.74. The van der Waals surface area contributed by atoms with E-state index in [0.717, 1.165) is 45.2 Å². The number of rotatable bonds is 20. The number of carbonyl (C=O) groups excluding carboxylic acids is 2. The maximum atomic E-state index is 13.0. The number of unbranched alkanes of at least 4 members (excludes halogenated alkanes) is 8. The molecule has 0 aromatic heterocycles. The van der Waals surface area contributed by atoms with Crippen molar-refractivity contribution in [3.8, 4) is 0 Å². The maximum Gasteiger partial charge on any atom is 0.239 e. The lowest BCUT2D eigenvalue weighted by Gasteiger charge is -2.26. The van der Waals surface area contributed by atoms with Crippen LogP contribution in [0.25, 0.3) is 0 Å². The summed E-state index contributed by atoms with van der Waals surface area (Å²) in [5.41, 5.74) is 0. The zero-order valence-electron chi connectivity index (χ0n) is 20.5. The van der Waals surface area contributed by atoms with Crippen molar-refractivity contribution in [3.63, 3.8) is 0 Å². The van der Waals surface area contributed by atoms with Gasteiger partial charge in [-0.15, -0.1) is 0 Å². The van der Waals surface area contributed by atoms with Gasteiger partial charge < -0.3 is 19.9 Å². The third-order valence-electron chi connectivity index (χ3n) is 5.59. The topological polar surface area (TPSA) is 61.9 Å². The van der Waals surface area contributed by atoms with E-state index in [1.807, 2.05) is 14.1 Å². The molecule has 1 unspecified atom stereocenters. The van der Waals surface area contributed by atoms with Crippen LogP contribution in [0, 0.1) is 0 Å². The average molecular weight is 428 g/mol. The van der Waals surface area contributed by atoms with Crippen LogP contribution in [0.4, 0.5) is 0 Å². The van der Waals surface area contributed by atoms with Crippen LogP contribution in [-0.2, 0) is 14.3 Å². The lowest BCUT2D eigenvalue weighted by Crippen LogP contribution is -2.48. The Morgan fingerprint density at radius 1 is 0.800 bits per heavy atom. The highest BCUT2D eigenvalue weighted by molar-refractivity contribution is 5.88. The van der Waals surface area contributed by atoms with Gasteiger partial charge in [-0.3, -0.25) is 9.59 Å². The fourth-order valence-electron chi connectivity index (χ4n) is 3.48. The summed E-state index contributed by atoms with van der Waals surface area (Å²) < 4.78 is 5.10. The van der Waals surface area contributed by atoms with Gasteiger partial charge in [0, 0.05) is 40.9 Å². The van der Waals surface area contributed by atoms with Crippen LogP contribution in [-0.4, -0.2) is 75.1 Å². The second-order valence-electron chi connectivity index (χ2n) is 8.46. The van der Waals surface area contributed by atoms with Gasteiger partial charge in [0.1, 0.15) is 0 Å². The Morgan fingerprint density at radius 3 is 1.87 bits per heavy atom. The number of nitrogens with one attached hydrogen (secondary N) is 1. The first-order valence-corrected chi connectivity index (χ1v) is 12.2. The lowest BCUT2D eigenvalue weighted by atomic mass is 10.1. The van der Waals surface area contributed by atoms with Crippen LogP contribution in [0.3, 0.4) is 0 Å². The predicted molar refractivity (Wildman–Crippen MR) is 126 cm³/mol. The van der Waals surface area contributed by atoms with Crippen molar-refractivity contribution in [1.82, 2.24) is 15.1 Å².